The lowest BCUT2D eigenvalue weighted by Gasteiger charge is -2.32. The summed E-state index contributed by atoms with van der Waals surface area (Å²) in [6.07, 6.45) is 1.68. The largest absolute Gasteiger partial charge is 0.355 e. The van der Waals surface area contributed by atoms with Crippen molar-refractivity contribution in [1.82, 2.24) is 15.5 Å². The Balaban J connectivity index is 1.24. The van der Waals surface area contributed by atoms with Crippen LogP contribution in [0.25, 0.3) is 0 Å². The minimum atomic E-state index is 0.0679. The Kier molecular flexibility index (Phi) is 7.43. The van der Waals surface area contributed by atoms with E-state index in [2.05, 4.69) is 70.7 Å². The van der Waals surface area contributed by atoms with Crippen LogP contribution in [0.1, 0.15) is 36.8 Å². The van der Waals surface area contributed by atoms with Gasteiger partial charge in [0, 0.05) is 30.4 Å². The van der Waals surface area contributed by atoms with Gasteiger partial charge in [-0.2, -0.15) is 0 Å². The maximum Gasteiger partial charge on any atom is 0.223 e. The molecule has 1 atom stereocenters. The molecule has 0 bridgehead atoms. The van der Waals surface area contributed by atoms with Gasteiger partial charge in [-0.3, -0.25) is 4.79 Å². The number of nitrogens with one attached hydrogen (secondary N) is 1. The molecule has 3 aromatic rings. The minimum Gasteiger partial charge on any atom is -0.355 e. The molecule has 2 aromatic carbocycles. The van der Waals surface area contributed by atoms with Gasteiger partial charge in [-0.25, -0.2) is 0 Å². The lowest BCUT2D eigenvalue weighted by molar-refractivity contribution is -0.125. The van der Waals surface area contributed by atoms with Gasteiger partial charge < -0.3 is 10.2 Å². The number of piperidine rings is 1. The summed E-state index contributed by atoms with van der Waals surface area (Å²) >= 11 is 1.62. The van der Waals surface area contributed by atoms with Gasteiger partial charge in [-0.15, -0.1) is 10.2 Å². The summed E-state index contributed by atoms with van der Waals surface area (Å²) in [5.41, 5.74) is 2.49. The molecule has 1 aromatic heterocycles. The van der Waals surface area contributed by atoms with Crippen molar-refractivity contribution in [1.29, 1.82) is 0 Å². The van der Waals surface area contributed by atoms with Crippen LogP contribution in [0.5, 0.6) is 0 Å². The Bertz CT molecular complexity index is 1020. The Hall–Kier alpha value is -2.86. The fourth-order valence-electron chi connectivity index (χ4n) is 4.00. The Morgan fingerprint density at radius 1 is 1.06 bits per heavy atom. The Labute approximate surface area is 194 Å². The molecule has 1 saturated heterocycles. The van der Waals surface area contributed by atoms with E-state index in [1.807, 2.05) is 30.3 Å². The fourth-order valence-corrected chi connectivity index (χ4v) is 4.85. The van der Waals surface area contributed by atoms with E-state index in [-0.39, 0.29) is 11.8 Å². The molecule has 1 amide bonds. The van der Waals surface area contributed by atoms with Crippen LogP contribution in [0.15, 0.2) is 76.7 Å². The van der Waals surface area contributed by atoms with E-state index >= 15 is 0 Å². The number of carbonyl (C=O) groups excluding carboxylic acids is 1. The number of nitrogens with zero attached hydrogens (tertiary/aromatic N) is 3. The smallest absolute Gasteiger partial charge is 0.223 e. The van der Waals surface area contributed by atoms with Crippen LogP contribution in [0.3, 0.4) is 0 Å². The maximum atomic E-state index is 12.7. The average molecular weight is 447 g/mol. The summed E-state index contributed by atoms with van der Waals surface area (Å²) in [6, 6.07) is 22.8. The highest BCUT2D eigenvalue weighted by Crippen LogP contribution is 2.28. The zero-order valence-corrected chi connectivity index (χ0v) is 19.5. The first kappa shape index (κ1) is 22.3. The number of rotatable bonds is 7. The Morgan fingerprint density at radius 2 is 1.84 bits per heavy atom. The first-order chi connectivity index (χ1) is 15.6. The SMILES string of the molecule is Cc1cccc(Sc2ccc(N3CCC(C(=O)NCC(C)c4ccccc4)CC3)nn2)c1. The van der Waals surface area contributed by atoms with E-state index in [9.17, 15) is 4.79 Å². The molecule has 1 unspecified atom stereocenters. The molecule has 166 valence electrons. The highest BCUT2D eigenvalue weighted by molar-refractivity contribution is 7.99. The van der Waals surface area contributed by atoms with E-state index in [0.29, 0.717) is 12.5 Å². The van der Waals surface area contributed by atoms with Crippen LogP contribution >= 0.6 is 11.8 Å². The van der Waals surface area contributed by atoms with Crippen molar-refractivity contribution in [3.05, 3.63) is 77.9 Å². The minimum absolute atomic E-state index is 0.0679. The number of benzene rings is 2. The van der Waals surface area contributed by atoms with Gasteiger partial charge >= 0.3 is 0 Å². The molecule has 0 aliphatic carbocycles. The lowest BCUT2D eigenvalue weighted by Crippen LogP contribution is -2.41. The lowest BCUT2D eigenvalue weighted by atomic mass is 9.95. The predicted molar refractivity (Wildman–Crippen MR) is 130 cm³/mol. The number of aromatic nitrogens is 2. The van der Waals surface area contributed by atoms with Crippen LogP contribution in [-0.4, -0.2) is 35.7 Å². The number of amides is 1. The molecule has 1 fully saturated rings. The molecule has 6 heteroatoms. The summed E-state index contributed by atoms with van der Waals surface area (Å²) in [5, 5.41) is 12.9. The third-order valence-electron chi connectivity index (χ3n) is 5.98. The molecular weight excluding hydrogens is 416 g/mol. The monoisotopic (exact) mass is 446 g/mol. The van der Waals surface area contributed by atoms with Crippen molar-refractivity contribution >= 4 is 23.5 Å². The molecule has 0 radical (unpaired) electrons. The summed E-state index contributed by atoms with van der Waals surface area (Å²) in [7, 11) is 0. The first-order valence-corrected chi connectivity index (χ1v) is 12.1. The summed E-state index contributed by atoms with van der Waals surface area (Å²) in [5.74, 6) is 1.43. The van der Waals surface area contributed by atoms with Gasteiger partial charge in [0.05, 0.1) is 0 Å². The number of aryl methyl sites for hydroxylation is 1. The quantitative estimate of drug-likeness (QED) is 0.549. The third kappa shape index (κ3) is 5.88. The molecule has 1 aliphatic heterocycles. The molecule has 0 spiro atoms. The van der Waals surface area contributed by atoms with E-state index < -0.39 is 0 Å². The number of carbonyl (C=O) groups is 1. The van der Waals surface area contributed by atoms with E-state index in [1.54, 1.807) is 11.8 Å². The summed E-state index contributed by atoms with van der Waals surface area (Å²) in [4.78, 5) is 16.1. The second kappa shape index (κ2) is 10.6. The van der Waals surface area contributed by atoms with Crippen LogP contribution in [0.2, 0.25) is 0 Å². The topological polar surface area (TPSA) is 58.1 Å². The number of hydrogen-bond donors (Lipinski definition) is 1. The molecule has 32 heavy (non-hydrogen) atoms. The molecule has 1 aliphatic rings. The van der Waals surface area contributed by atoms with Crippen molar-refractivity contribution in [2.75, 3.05) is 24.5 Å². The number of hydrogen-bond acceptors (Lipinski definition) is 5. The van der Waals surface area contributed by atoms with Gasteiger partial charge in [0.15, 0.2) is 5.82 Å². The second-order valence-electron chi connectivity index (χ2n) is 8.47. The number of anilines is 1. The average Bonchev–Trinajstić information content (AvgIpc) is 2.83. The Morgan fingerprint density at radius 3 is 2.53 bits per heavy atom. The molecule has 2 heterocycles. The van der Waals surface area contributed by atoms with Crippen LogP contribution in [-0.2, 0) is 4.79 Å². The summed E-state index contributed by atoms with van der Waals surface area (Å²) < 4.78 is 0. The standard InChI is InChI=1S/C26H30N4OS/c1-19-7-6-10-23(17-19)32-25-12-11-24(28-29-25)30-15-13-22(14-16-30)26(31)27-18-20(2)21-8-4-3-5-9-21/h3-12,17,20,22H,13-16,18H2,1-2H3,(H,27,31). The fraction of sp³-hybridized carbons (Fsp3) is 0.346. The van der Waals surface area contributed by atoms with Crippen LogP contribution < -0.4 is 10.2 Å². The van der Waals surface area contributed by atoms with Crippen molar-refractivity contribution in [3.63, 3.8) is 0 Å². The maximum absolute atomic E-state index is 12.7. The van der Waals surface area contributed by atoms with Crippen LogP contribution in [0.4, 0.5) is 5.82 Å². The first-order valence-electron chi connectivity index (χ1n) is 11.2. The van der Waals surface area contributed by atoms with E-state index in [1.165, 1.54) is 16.0 Å². The molecular formula is C26H30N4OS. The zero-order chi connectivity index (χ0) is 22.3. The third-order valence-corrected chi connectivity index (χ3v) is 6.90. The normalized spacial score (nSPS) is 15.4. The molecule has 1 N–H and O–H groups in total. The van der Waals surface area contributed by atoms with Gasteiger partial charge in [0.1, 0.15) is 5.03 Å². The molecule has 0 saturated carbocycles. The van der Waals surface area contributed by atoms with Gasteiger partial charge in [0.25, 0.3) is 0 Å². The van der Waals surface area contributed by atoms with Crippen LogP contribution in [0, 0.1) is 12.8 Å². The molecule has 5 nitrogen and oxygen atoms in total. The summed E-state index contributed by atoms with van der Waals surface area (Å²) in [6.45, 7) is 6.57. The zero-order valence-electron chi connectivity index (χ0n) is 18.7. The van der Waals surface area contributed by atoms with Gasteiger partial charge in [-0.1, -0.05) is 66.7 Å². The van der Waals surface area contributed by atoms with E-state index in [4.69, 9.17) is 0 Å². The highest BCUT2D eigenvalue weighted by Gasteiger charge is 2.26. The predicted octanol–water partition coefficient (Wildman–Crippen LogP) is 5.07. The highest BCUT2D eigenvalue weighted by atomic mass is 32.2. The van der Waals surface area contributed by atoms with E-state index in [0.717, 1.165) is 36.8 Å². The van der Waals surface area contributed by atoms with Crippen molar-refractivity contribution in [3.8, 4) is 0 Å². The van der Waals surface area contributed by atoms with Crippen molar-refractivity contribution in [2.45, 2.75) is 42.5 Å². The second-order valence-corrected chi connectivity index (χ2v) is 9.56. The van der Waals surface area contributed by atoms with Gasteiger partial charge in [0.2, 0.25) is 5.91 Å². The van der Waals surface area contributed by atoms with Crippen molar-refractivity contribution < 1.29 is 4.79 Å². The molecule has 4 rings (SSSR count). The van der Waals surface area contributed by atoms with Gasteiger partial charge in [-0.05, 0) is 55.5 Å². The van der Waals surface area contributed by atoms with Crippen molar-refractivity contribution in [2.24, 2.45) is 5.92 Å².